The third kappa shape index (κ3) is 5.56. The van der Waals surface area contributed by atoms with Crippen LogP contribution in [0.25, 0.3) is 0 Å². The van der Waals surface area contributed by atoms with Gasteiger partial charge in [0.1, 0.15) is 0 Å². The van der Waals surface area contributed by atoms with E-state index in [0.29, 0.717) is 32.5 Å². The molecule has 1 aromatic rings. The summed E-state index contributed by atoms with van der Waals surface area (Å²) in [5.41, 5.74) is 1.08. The molecule has 23 heavy (non-hydrogen) atoms. The Labute approximate surface area is 136 Å². The van der Waals surface area contributed by atoms with Crippen LogP contribution in [0.4, 0.5) is 4.79 Å². The summed E-state index contributed by atoms with van der Waals surface area (Å²) in [4.78, 5) is 24.7. The molecule has 1 aromatic carbocycles. The molecule has 0 radical (unpaired) electrons. The van der Waals surface area contributed by atoms with E-state index in [-0.39, 0.29) is 24.6 Å². The van der Waals surface area contributed by atoms with Crippen molar-refractivity contribution in [1.82, 2.24) is 10.2 Å². The van der Waals surface area contributed by atoms with Crippen LogP contribution in [0.15, 0.2) is 30.3 Å². The highest BCUT2D eigenvalue weighted by atomic mass is 16.5. The fourth-order valence-electron chi connectivity index (χ4n) is 2.63. The van der Waals surface area contributed by atoms with Crippen molar-refractivity contribution >= 4 is 12.0 Å². The van der Waals surface area contributed by atoms with E-state index in [2.05, 4.69) is 5.32 Å². The maximum Gasteiger partial charge on any atom is 0.317 e. The normalized spacial score (nSPS) is 15.8. The summed E-state index contributed by atoms with van der Waals surface area (Å²) in [6.45, 7) is 3.77. The van der Waals surface area contributed by atoms with E-state index >= 15 is 0 Å². The molecule has 0 aromatic heterocycles. The van der Waals surface area contributed by atoms with Crippen molar-refractivity contribution in [2.45, 2.75) is 38.3 Å². The molecule has 2 amide bonds. The van der Waals surface area contributed by atoms with Crippen LogP contribution in [0.2, 0.25) is 0 Å². The van der Waals surface area contributed by atoms with Crippen molar-refractivity contribution in [2.75, 3.05) is 19.7 Å². The zero-order valence-corrected chi connectivity index (χ0v) is 13.4. The molecule has 6 nitrogen and oxygen atoms in total. The number of carbonyl (C=O) groups is 2. The summed E-state index contributed by atoms with van der Waals surface area (Å²) in [6, 6.07) is 9.44. The summed E-state index contributed by atoms with van der Waals surface area (Å²) in [5, 5.41) is 11.8. The van der Waals surface area contributed by atoms with Crippen molar-refractivity contribution in [2.24, 2.45) is 0 Å². The number of aliphatic carboxylic acids is 1. The highest BCUT2D eigenvalue weighted by molar-refractivity contribution is 5.75. The van der Waals surface area contributed by atoms with Crippen LogP contribution in [0.3, 0.4) is 0 Å². The molecule has 1 fully saturated rings. The number of carbonyl (C=O) groups excluding carboxylic acids is 1. The number of urea groups is 1. The molecule has 0 spiro atoms. The standard InChI is InChI=1S/C17H24N2O4/c1-2-23-15-11-19(12-15)17(22)18-14(8-9-16(20)21)10-13-6-4-3-5-7-13/h3-7,14-15H,2,8-12H2,1H3,(H,18,22)(H,20,21). The Balaban J connectivity index is 1.86. The van der Waals surface area contributed by atoms with Crippen LogP contribution in [0.5, 0.6) is 0 Å². The third-order valence-corrected chi connectivity index (χ3v) is 3.90. The van der Waals surface area contributed by atoms with Gasteiger partial charge >= 0.3 is 12.0 Å². The molecule has 0 saturated carbocycles. The van der Waals surface area contributed by atoms with Crippen molar-refractivity contribution in [3.8, 4) is 0 Å². The summed E-state index contributed by atoms with van der Waals surface area (Å²) in [5.74, 6) is -0.849. The number of carboxylic acids is 1. The number of carboxylic acid groups (broad SMARTS) is 1. The van der Waals surface area contributed by atoms with Crippen molar-refractivity contribution in [3.05, 3.63) is 35.9 Å². The minimum absolute atomic E-state index is 0.0410. The van der Waals surface area contributed by atoms with E-state index in [1.807, 2.05) is 37.3 Å². The van der Waals surface area contributed by atoms with Gasteiger partial charge in [-0.2, -0.15) is 0 Å². The number of hydrogen-bond acceptors (Lipinski definition) is 3. The van der Waals surface area contributed by atoms with Crippen LogP contribution in [-0.4, -0.2) is 53.8 Å². The van der Waals surface area contributed by atoms with Gasteiger partial charge in [0.15, 0.2) is 0 Å². The lowest BCUT2D eigenvalue weighted by Gasteiger charge is -2.39. The molecule has 6 heteroatoms. The Kier molecular flexibility index (Phi) is 6.40. The molecule has 1 saturated heterocycles. The Morgan fingerprint density at radius 2 is 2.04 bits per heavy atom. The van der Waals surface area contributed by atoms with Gasteiger partial charge in [-0.1, -0.05) is 30.3 Å². The molecule has 0 aliphatic carbocycles. The average molecular weight is 320 g/mol. The van der Waals surface area contributed by atoms with E-state index in [4.69, 9.17) is 9.84 Å². The van der Waals surface area contributed by atoms with Crippen LogP contribution < -0.4 is 5.32 Å². The molecule has 126 valence electrons. The lowest BCUT2D eigenvalue weighted by molar-refractivity contribution is -0.137. The molecule has 0 bridgehead atoms. The monoisotopic (exact) mass is 320 g/mol. The van der Waals surface area contributed by atoms with Gasteiger partial charge < -0.3 is 20.1 Å². The highest BCUT2D eigenvalue weighted by Gasteiger charge is 2.31. The van der Waals surface area contributed by atoms with E-state index in [1.54, 1.807) is 4.90 Å². The quantitative estimate of drug-likeness (QED) is 0.767. The topological polar surface area (TPSA) is 78.9 Å². The van der Waals surface area contributed by atoms with Gasteiger partial charge in [-0.15, -0.1) is 0 Å². The van der Waals surface area contributed by atoms with Crippen LogP contribution in [0.1, 0.15) is 25.3 Å². The first-order valence-corrected chi connectivity index (χ1v) is 8.01. The fraction of sp³-hybridized carbons (Fsp3) is 0.529. The fourth-order valence-corrected chi connectivity index (χ4v) is 2.63. The van der Waals surface area contributed by atoms with Gasteiger partial charge in [0.2, 0.25) is 0 Å². The Morgan fingerprint density at radius 1 is 1.35 bits per heavy atom. The average Bonchev–Trinajstić information content (AvgIpc) is 2.49. The van der Waals surface area contributed by atoms with Gasteiger partial charge in [-0.05, 0) is 25.3 Å². The Bertz CT molecular complexity index is 515. The molecule has 1 atom stereocenters. The van der Waals surface area contributed by atoms with Crippen molar-refractivity contribution in [3.63, 3.8) is 0 Å². The maximum atomic E-state index is 12.2. The summed E-state index contributed by atoms with van der Waals surface area (Å²) in [6.07, 6.45) is 1.21. The lowest BCUT2D eigenvalue weighted by atomic mass is 10.0. The predicted molar refractivity (Wildman–Crippen MR) is 86.3 cm³/mol. The lowest BCUT2D eigenvalue weighted by Crippen LogP contribution is -2.59. The van der Waals surface area contributed by atoms with Gasteiger partial charge in [0, 0.05) is 19.1 Å². The number of hydrogen-bond donors (Lipinski definition) is 2. The molecule has 1 aliphatic rings. The second-order valence-electron chi connectivity index (χ2n) is 5.75. The highest BCUT2D eigenvalue weighted by Crippen LogP contribution is 2.13. The SMILES string of the molecule is CCOC1CN(C(=O)NC(CCC(=O)O)Cc2ccccc2)C1. The Hall–Kier alpha value is -2.08. The number of nitrogens with zero attached hydrogens (tertiary/aromatic N) is 1. The molecule has 1 unspecified atom stereocenters. The first-order chi connectivity index (χ1) is 11.1. The third-order valence-electron chi connectivity index (χ3n) is 3.90. The van der Waals surface area contributed by atoms with Gasteiger partial charge in [-0.3, -0.25) is 4.79 Å². The number of rotatable bonds is 8. The smallest absolute Gasteiger partial charge is 0.317 e. The van der Waals surface area contributed by atoms with Gasteiger partial charge in [0.25, 0.3) is 0 Å². The van der Waals surface area contributed by atoms with Crippen molar-refractivity contribution < 1.29 is 19.4 Å². The largest absolute Gasteiger partial charge is 0.481 e. The van der Waals surface area contributed by atoms with Crippen LogP contribution in [0, 0.1) is 0 Å². The molecule has 2 rings (SSSR count). The molecule has 2 N–H and O–H groups in total. The number of nitrogens with one attached hydrogen (secondary N) is 1. The minimum atomic E-state index is -0.849. The summed E-state index contributed by atoms with van der Waals surface area (Å²) < 4.78 is 5.44. The van der Waals surface area contributed by atoms with E-state index in [0.717, 1.165) is 5.56 Å². The first kappa shape index (κ1) is 17.3. The van der Waals surface area contributed by atoms with Gasteiger partial charge in [-0.25, -0.2) is 4.79 Å². The number of benzene rings is 1. The number of ether oxygens (including phenoxy) is 1. The molecule has 1 heterocycles. The van der Waals surface area contributed by atoms with E-state index < -0.39 is 5.97 Å². The second kappa shape index (κ2) is 8.53. The van der Waals surface area contributed by atoms with Crippen molar-refractivity contribution in [1.29, 1.82) is 0 Å². The summed E-state index contributed by atoms with van der Waals surface area (Å²) >= 11 is 0. The first-order valence-electron chi connectivity index (χ1n) is 8.01. The maximum absolute atomic E-state index is 12.2. The molecular weight excluding hydrogens is 296 g/mol. The van der Waals surface area contributed by atoms with E-state index in [9.17, 15) is 9.59 Å². The van der Waals surface area contributed by atoms with Crippen LogP contribution >= 0.6 is 0 Å². The number of amides is 2. The van der Waals surface area contributed by atoms with E-state index in [1.165, 1.54) is 0 Å². The molecular formula is C17H24N2O4. The zero-order valence-electron chi connectivity index (χ0n) is 13.4. The minimum Gasteiger partial charge on any atom is -0.481 e. The van der Waals surface area contributed by atoms with Crippen LogP contribution in [-0.2, 0) is 16.0 Å². The zero-order chi connectivity index (χ0) is 16.7. The number of likely N-dealkylation sites (tertiary alicyclic amines) is 1. The Morgan fingerprint density at radius 3 is 2.65 bits per heavy atom. The molecule has 1 aliphatic heterocycles. The second-order valence-corrected chi connectivity index (χ2v) is 5.75. The summed E-state index contributed by atoms with van der Waals surface area (Å²) in [7, 11) is 0. The van der Waals surface area contributed by atoms with Gasteiger partial charge in [0.05, 0.1) is 19.2 Å². The predicted octanol–water partition coefficient (Wildman–Crippen LogP) is 1.89.